The highest BCUT2D eigenvalue weighted by molar-refractivity contribution is 5.91. The van der Waals surface area contributed by atoms with Crippen LogP contribution in [-0.4, -0.2) is 61.2 Å². The number of nitrogens with zero attached hydrogens (tertiary/aromatic N) is 2. The molecule has 1 spiro atoms. The minimum atomic E-state index is -0.674. The van der Waals surface area contributed by atoms with Crippen LogP contribution in [0.1, 0.15) is 23.4 Å². The Morgan fingerprint density at radius 1 is 1.35 bits per heavy atom. The average molecular weight is 322 g/mol. The molecule has 3 heterocycles. The summed E-state index contributed by atoms with van der Waals surface area (Å²) in [5, 5.41) is 0. The third-order valence-electron chi connectivity index (χ3n) is 4.20. The van der Waals surface area contributed by atoms with Gasteiger partial charge in [-0.15, -0.1) is 0 Å². The van der Waals surface area contributed by atoms with E-state index in [1.54, 1.807) is 11.9 Å². The molecule has 124 valence electrons. The summed E-state index contributed by atoms with van der Waals surface area (Å²) in [4.78, 5) is 39.0. The average Bonchev–Trinajstić information content (AvgIpc) is 2.80. The van der Waals surface area contributed by atoms with Crippen LogP contribution in [0.2, 0.25) is 0 Å². The molecule has 2 amide bonds. The number of hydrogen-bond donors (Lipinski definition) is 0. The molecule has 0 N–H and O–H groups in total. The summed E-state index contributed by atoms with van der Waals surface area (Å²) < 4.78 is 15.5. The zero-order valence-corrected chi connectivity index (χ0v) is 13.0. The maximum absolute atomic E-state index is 12.6. The van der Waals surface area contributed by atoms with Crippen LogP contribution >= 0.6 is 0 Å². The van der Waals surface area contributed by atoms with Gasteiger partial charge in [0.05, 0.1) is 20.2 Å². The number of amides is 2. The van der Waals surface area contributed by atoms with E-state index in [2.05, 4.69) is 0 Å². The van der Waals surface area contributed by atoms with E-state index in [0.29, 0.717) is 25.9 Å². The Morgan fingerprint density at radius 2 is 2.13 bits per heavy atom. The van der Waals surface area contributed by atoms with E-state index < -0.39 is 16.9 Å². The van der Waals surface area contributed by atoms with Crippen molar-refractivity contribution in [1.82, 2.24) is 9.80 Å². The molecule has 3 rings (SSSR count). The number of carbonyl (C=O) groups excluding carboxylic acids is 2. The van der Waals surface area contributed by atoms with Crippen molar-refractivity contribution < 1.29 is 23.5 Å². The van der Waals surface area contributed by atoms with E-state index in [9.17, 15) is 14.4 Å². The second-order valence-corrected chi connectivity index (χ2v) is 5.91. The van der Waals surface area contributed by atoms with Gasteiger partial charge in [-0.05, 0) is 12.8 Å². The summed E-state index contributed by atoms with van der Waals surface area (Å²) in [6.07, 6.45) is 2.17. The zero-order valence-electron chi connectivity index (χ0n) is 13.0. The normalized spacial score (nSPS) is 24.0. The van der Waals surface area contributed by atoms with Crippen LogP contribution in [0.3, 0.4) is 0 Å². The Hall–Kier alpha value is -2.51. The Kier molecular flexibility index (Phi) is 3.75. The lowest BCUT2D eigenvalue weighted by Crippen LogP contribution is -2.52. The van der Waals surface area contributed by atoms with Gasteiger partial charge in [-0.25, -0.2) is 4.79 Å². The van der Waals surface area contributed by atoms with Crippen LogP contribution in [0.15, 0.2) is 21.5 Å². The van der Waals surface area contributed by atoms with Crippen LogP contribution in [0, 0.1) is 0 Å². The van der Waals surface area contributed by atoms with E-state index in [4.69, 9.17) is 13.9 Å². The predicted octanol–water partition coefficient (Wildman–Crippen LogP) is 0.705. The van der Waals surface area contributed by atoms with Crippen molar-refractivity contribution in [3.05, 3.63) is 28.3 Å². The first-order valence-corrected chi connectivity index (χ1v) is 7.34. The van der Waals surface area contributed by atoms with Crippen LogP contribution < -0.4 is 10.2 Å². The molecule has 8 heteroatoms. The van der Waals surface area contributed by atoms with E-state index >= 15 is 0 Å². The third-order valence-corrected chi connectivity index (χ3v) is 4.20. The molecule has 0 aliphatic carbocycles. The van der Waals surface area contributed by atoms with Crippen molar-refractivity contribution >= 4 is 12.0 Å². The summed E-state index contributed by atoms with van der Waals surface area (Å²) in [6.45, 7) is 1.26. The molecule has 1 aromatic heterocycles. The summed E-state index contributed by atoms with van der Waals surface area (Å²) in [5.41, 5.74) is -1.09. The van der Waals surface area contributed by atoms with E-state index in [-0.39, 0.29) is 24.1 Å². The fraction of sp³-hybridized carbons (Fsp3) is 0.533. The van der Waals surface area contributed by atoms with Crippen molar-refractivity contribution in [1.29, 1.82) is 0 Å². The highest BCUT2D eigenvalue weighted by atomic mass is 16.6. The van der Waals surface area contributed by atoms with Gasteiger partial charge in [0, 0.05) is 19.7 Å². The zero-order chi connectivity index (χ0) is 16.6. The molecule has 0 unspecified atom stereocenters. The first-order chi connectivity index (χ1) is 10.9. The minimum Gasteiger partial charge on any atom is -0.490 e. The lowest BCUT2D eigenvalue weighted by Gasteiger charge is -2.38. The molecule has 2 aliphatic rings. The number of piperidine rings is 1. The Balaban J connectivity index is 1.79. The number of ether oxygens (including phenoxy) is 2. The maximum atomic E-state index is 12.6. The highest BCUT2D eigenvalue weighted by Crippen LogP contribution is 2.31. The fourth-order valence-electron chi connectivity index (χ4n) is 3.09. The monoisotopic (exact) mass is 322 g/mol. The van der Waals surface area contributed by atoms with E-state index in [1.165, 1.54) is 12.0 Å². The molecule has 2 aliphatic heterocycles. The van der Waals surface area contributed by atoms with Crippen molar-refractivity contribution in [2.24, 2.45) is 0 Å². The number of likely N-dealkylation sites (N-methyl/N-ethyl adjacent to an activating group) is 1. The van der Waals surface area contributed by atoms with Gasteiger partial charge in [-0.2, -0.15) is 0 Å². The Morgan fingerprint density at radius 3 is 2.74 bits per heavy atom. The lowest BCUT2D eigenvalue weighted by molar-refractivity contribution is -0.00630. The topological polar surface area (TPSA) is 89.3 Å². The smallest absolute Gasteiger partial charge is 0.410 e. The molecule has 0 saturated carbocycles. The second-order valence-electron chi connectivity index (χ2n) is 5.91. The summed E-state index contributed by atoms with van der Waals surface area (Å²) in [6, 6.07) is 1.12. The number of likely N-dealkylation sites (tertiary alicyclic amines) is 1. The number of carbonyl (C=O) groups is 2. The van der Waals surface area contributed by atoms with Crippen LogP contribution in [-0.2, 0) is 4.74 Å². The van der Waals surface area contributed by atoms with Gasteiger partial charge in [0.15, 0.2) is 5.76 Å². The molecule has 2 saturated heterocycles. The van der Waals surface area contributed by atoms with Gasteiger partial charge in [-0.1, -0.05) is 0 Å². The van der Waals surface area contributed by atoms with Gasteiger partial charge in [0.25, 0.3) is 5.91 Å². The maximum Gasteiger partial charge on any atom is 0.410 e. The number of rotatable bonds is 2. The molecule has 23 heavy (non-hydrogen) atoms. The summed E-state index contributed by atoms with van der Waals surface area (Å²) in [7, 11) is 3.02. The SMILES string of the molecule is COc1coc(C(=O)N2CCC[C@@]3(CN(C)C(=O)O3)C2)cc1=O. The van der Waals surface area contributed by atoms with Crippen LogP contribution in [0.5, 0.6) is 5.75 Å². The molecule has 1 atom stereocenters. The van der Waals surface area contributed by atoms with Gasteiger partial charge >= 0.3 is 6.09 Å². The largest absolute Gasteiger partial charge is 0.490 e. The molecular formula is C15H18N2O6. The second kappa shape index (κ2) is 5.60. The molecule has 2 fully saturated rings. The van der Waals surface area contributed by atoms with Crippen LogP contribution in [0.4, 0.5) is 4.79 Å². The van der Waals surface area contributed by atoms with Crippen molar-refractivity contribution in [3.63, 3.8) is 0 Å². The first-order valence-electron chi connectivity index (χ1n) is 7.34. The van der Waals surface area contributed by atoms with Crippen molar-refractivity contribution in [2.75, 3.05) is 33.8 Å². The molecule has 1 aromatic rings. The fourth-order valence-corrected chi connectivity index (χ4v) is 3.09. The third kappa shape index (κ3) is 2.76. The molecule has 0 aromatic carbocycles. The van der Waals surface area contributed by atoms with Gasteiger partial charge in [0.1, 0.15) is 11.9 Å². The quantitative estimate of drug-likeness (QED) is 0.796. The Bertz CT molecular complexity index is 699. The standard InChI is InChI=1S/C15H18N2O6/c1-16-8-15(23-14(16)20)4-3-5-17(9-15)13(19)11-6-10(18)12(21-2)7-22-11/h6-7H,3-5,8-9H2,1-2H3/t15-/m1/s1. The van der Waals surface area contributed by atoms with Crippen molar-refractivity contribution in [3.8, 4) is 5.75 Å². The van der Waals surface area contributed by atoms with Crippen LogP contribution in [0.25, 0.3) is 0 Å². The van der Waals surface area contributed by atoms with E-state index in [1.807, 2.05) is 0 Å². The molecular weight excluding hydrogens is 304 g/mol. The number of methoxy groups -OCH3 is 1. The minimum absolute atomic E-state index is 0.0445. The molecule has 8 nitrogen and oxygen atoms in total. The van der Waals surface area contributed by atoms with E-state index in [0.717, 1.165) is 12.3 Å². The Labute approximate surface area is 132 Å². The highest BCUT2D eigenvalue weighted by Gasteiger charge is 2.47. The predicted molar refractivity (Wildman–Crippen MR) is 78.5 cm³/mol. The number of hydrogen-bond acceptors (Lipinski definition) is 6. The summed E-state index contributed by atoms with van der Waals surface area (Å²) in [5.74, 6) is -0.400. The van der Waals surface area contributed by atoms with Crippen molar-refractivity contribution in [2.45, 2.75) is 18.4 Å². The van der Waals surface area contributed by atoms with Gasteiger partial charge in [0.2, 0.25) is 11.2 Å². The molecule has 0 bridgehead atoms. The van der Waals surface area contributed by atoms with Gasteiger partial charge < -0.3 is 23.7 Å². The molecule has 0 radical (unpaired) electrons. The lowest BCUT2D eigenvalue weighted by atomic mass is 9.92. The first kappa shape index (κ1) is 15.4. The summed E-state index contributed by atoms with van der Waals surface area (Å²) >= 11 is 0. The van der Waals surface area contributed by atoms with Gasteiger partial charge in [-0.3, -0.25) is 9.59 Å².